The highest BCUT2D eigenvalue weighted by Gasteiger charge is 2.11. The molecule has 4 nitrogen and oxygen atoms in total. The van der Waals surface area contributed by atoms with Crippen molar-refractivity contribution in [3.05, 3.63) is 65.2 Å². The molecule has 120 valence electrons. The van der Waals surface area contributed by atoms with Crippen molar-refractivity contribution in [2.45, 2.75) is 20.8 Å². The highest BCUT2D eigenvalue weighted by atomic mass is 16.2. The number of rotatable bonds is 5. The van der Waals surface area contributed by atoms with E-state index in [-0.39, 0.29) is 11.8 Å². The average molecular weight is 310 g/mol. The molecule has 0 saturated carbocycles. The molecule has 4 heteroatoms. The van der Waals surface area contributed by atoms with E-state index in [4.69, 9.17) is 0 Å². The van der Waals surface area contributed by atoms with Crippen molar-refractivity contribution in [2.24, 2.45) is 5.92 Å². The van der Waals surface area contributed by atoms with E-state index < -0.39 is 0 Å². The number of carbonyl (C=O) groups is 2. The van der Waals surface area contributed by atoms with Crippen LogP contribution in [-0.4, -0.2) is 18.4 Å². The van der Waals surface area contributed by atoms with Gasteiger partial charge in [0.05, 0.1) is 0 Å². The van der Waals surface area contributed by atoms with Crippen LogP contribution in [0.15, 0.2) is 48.5 Å². The van der Waals surface area contributed by atoms with E-state index in [2.05, 4.69) is 10.6 Å². The number of amides is 2. The fourth-order valence-electron chi connectivity index (χ4n) is 2.11. The normalized spacial score (nSPS) is 10.4. The smallest absolute Gasteiger partial charge is 0.255 e. The average Bonchev–Trinajstić information content (AvgIpc) is 2.54. The molecule has 2 aromatic rings. The van der Waals surface area contributed by atoms with Crippen LogP contribution in [0.2, 0.25) is 0 Å². The third kappa shape index (κ3) is 4.68. The lowest BCUT2D eigenvalue weighted by molar-refractivity contribution is 0.0949. The number of hydrogen-bond donors (Lipinski definition) is 2. The second-order valence-corrected chi connectivity index (χ2v) is 5.95. The van der Waals surface area contributed by atoms with E-state index in [1.54, 1.807) is 24.3 Å². The Bertz CT molecular complexity index is 708. The molecule has 2 amide bonds. The molecule has 2 rings (SSSR count). The first-order valence-electron chi connectivity index (χ1n) is 7.72. The summed E-state index contributed by atoms with van der Waals surface area (Å²) >= 11 is 0. The summed E-state index contributed by atoms with van der Waals surface area (Å²) in [5, 5.41) is 5.72. The van der Waals surface area contributed by atoms with Gasteiger partial charge in [-0.2, -0.15) is 0 Å². The Balaban J connectivity index is 2.11. The fraction of sp³-hybridized carbons (Fsp3) is 0.263. The van der Waals surface area contributed by atoms with Gasteiger partial charge in [0.1, 0.15) is 0 Å². The van der Waals surface area contributed by atoms with Gasteiger partial charge >= 0.3 is 0 Å². The number of anilines is 1. The van der Waals surface area contributed by atoms with Crippen LogP contribution in [0, 0.1) is 12.8 Å². The Hall–Kier alpha value is -2.62. The number of hydrogen-bond acceptors (Lipinski definition) is 2. The van der Waals surface area contributed by atoms with E-state index in [0.29, 0.717) is 23.6 Å². The first-order valence-corrected chi connectivity index (χ1v) is 7.72. The molecule has 0 aliphatic carbocycles. The summed E-state index contributed by atoms with van der Waals surface area (Å²) in [6.07, 6.45) is 0. The maximum atomic E-state index is 12.4. The van der Waals surface area contributed by atoms with E-state index >= 15 is 0 Å². The standard InChI is InChI=1S/C19H22N2O2/c1-13(2)12-20-18(22)15-8-6-9-16(11-15)19(23)21-17-10-5-4-7-14(17)3/h4-11,13H,12H2,1-3H3,(H,20,22)(H,21,23). The molecule has 0 fully saturated rings. The Kier molecular flexibility index (Phi) is 5.52. The molecule has 0 heterocycles. The zero-order chi connectivity index (χ0) is 16.8. The molecule has 23 heavy (non-hydrogen) atoms. The highest BCUT2D eigenvalue weighted by molar-refractivity contribution is 6.06. The van der Waals surface area contributed by atoms with Crippen LogP contribution in [0.3, 0.4) is 0 Å². The summed E-state index contributed by atoms with van der Waals surface area (Å²) in [4.78, 5) is 24.5. The second kappa shape index (κ2) is 7.58. The van der Waals surface area contributed by atoms with Crippen molar-refractivity contribution < 1.29 is 9.59 Å². The topological polar surface area (TPSA) is 58.2 Å². The first kappa shape index (κ1) is 16.7. The molecule has 0 unspecified atom stereocenters. The number of nitrogens with one attached hydrogen (secondary N) is 2. The molecule has 0 bridgehead atoms. The van der Waals surface area contributed by atoms with Gasteiger partial charge in [0, 0.05) is 23.4 Å². The molecule has 0 saturated heterocycles. The van der Waals surface area contributed by atoms with Crippen LogP contribution in [0.5, 0.6) is 0 Å². The molecule has 0 aliphatic heterocycles. The molecule has 0 radical (unpaired) electrons. The van der Waals surface area contributed by atoms with Gasteiger partial charge in [0.25, 0.3) is 11.8 Å². The summed E-state index contributed by atoms with van der Waals surface area (Å²) in [6.45, 7) is 6.61. The molecule has 0 aromatic heterocycles. The SMILES string of the molecule is Cc1ccccc1NC(=O)c1cccc(C(=O)NCC(C)C)c1. The van der Waals surface area contributed by atoms with Crippen LogP contribution < -0.4 is 10.6 Å². The molecule has 2 N–H and O–H groups in total. The van der Waals surface area contributed by atoms with Gasteiger partial charge in [-0.05, 0) is 42.7 Å². The van der Waals surface area contributed by atoms with Gasteiger partial charge in [-0.1, -0.05) is 38.1 Å². The minimum absolute atomic E-state index is 0.163. The van der Waals surface area contributed by atoms with Gasteiger partial charge in [0.15, 0.2) is 0 Å². The predicted octanol–water partition coefficient (Wildman–Crippen LogP) is 3.63. The lowest BCUT2D eigenvalue weighted by Gasteiger charge is -2.10. The fourth-order valence-corrected chi connectivity index (χ4v) is 2.11. The molecule has 0 aliphatic rings. The minimum Gasteiger partial charge on any atom is -0.352 e. The van der Waals surface area contributed by atoms with Gasteiger partial charge < -0.3 is 10.6 Å². The molecular formula is C19H22N2O2. The van der Waals surface area contributed by atoms with Gasteiger partial charge in [-0.15, -0.1) is 0 Å². The van der Waals surface area contributed by atoms with Crippen LogP contribution in [0.1, 0.15) is 40.1 Å². The Morgan fingerprint density at radius 2 is 1.61 bits per heavy atom. The van der Waals surface area contributed by atoms with Crippen molar-refractivity contribution in [1.29, 1.82) is 0 Å². The van der Waals surface area contributed by atoms with E-state index in [0.717, 1.165) is 11.3 Å². The predicted molar refractivity (Wildman–Crippen MR) is 92.7 cm³/mol. The number of carbonyl (C=O) groups excluding carboxylic acids is 2. The van der Waals surface area contributed by atoms with Gasteiger partial charge in [-0.25, -0.2) is 0 Å². The molecule has 0 atom stereocenters. The maximum Gasteiger partial charge on any atom is 0.255 e. The summed E-state index contributed by atoms with van der Waals surface area (Å²) in [5.74, 6) is -0.00598. The van der Waals surface area contributed by atoms with Gasteiger partial charge in [0.2, 0.25) is 0 Å². The molecule has 0 spiro atoms. The Morgan fingerprint density at radius 1 is 0.957 bits per heavy atom. The molecular weight excluding hydrogens is 288 g/mol. The third-order valence-corrected chi connectivity index (χ3v) is 3.45. The quantitative estimate of drug-likeness (QED) is 0.886. The van der Waals surface area contributed by atoms with Gasteiger partial charge in [-0.3, -0.25) is 9.59 Å². The number of benzene rings is 2. The number of para-hydroxylation sites is 1. The minimum atomic E-state index is -0.224. The van der Waals surface area contributed by atoms with Crippen molar-refractivity contribution in [3.63, 3.8) is 0 Å². The van der Waals surface area contributed by atoms with Crippen molar-refractivity contribution in [1.82, 2.24) is 5.32 Å². The zero-order valence-corrected chi connectivity index (χ0v) is 13.7. The third-order valence-electron chi connectivity index (χ3n) is 3.45. The highest BCUT2D eigenvalue weighted by Crippen LogP contribution is 2.15. The monoisotopic (exact) mass is 310 g/mol. The van der Waals surface area contributed by atoms with Crippen LogP contribution in [-0.2, 0) is 0 Å². The summed E-state index contributed by atoms with van der Waals surface area (Å²) in [7, 11) is 0. The van der Waals surface area contributed by atoms with Crippen LogP contribution in [0.25, 0.3) is 0 Å². The molecule has 2 aromatic carbocycles. The van der Waals surface area contributed by atoms with E-state index in [1.807, 2.05) is 45.0 Å². The van der Waals surface area contributed by atoms with Crippen LogP contribution >= 0.6 is 0 Å². The summed E-state index contributed by atoms with van der Waals surface area (Å²) in [5.41, 5.74) is 2.72. The van der Waals surface area contributed by atoms with Crippen molar-refractivity contribution >= 4 is 17.5 Å². The number of aryl methyl sites for hydroxylation is 1. The zero-order valence-electron chi connectivity index (χ0n) is 13.7. The Labute approximate surface area is 136 Å². The lowest BCUT2D eigenvalue weighted by Crippen LogP contribution is -2.27. The summed E-state index contributed by atoms with van der Waals surface area (Å²) in [6, 6.07) is 14.3. The van der Waals surface area contributed by atoms with E-state index in [1.165, 1.54) is 0 Å². The summed E-state index contributed by atoms with van der Waals surface area (Å²) < 4.78 is 0. The van der Waals surface area contributed by atoms with Crippen molar-refractivity contribution in [3.8, 4) is 0 Å². The largest absolute Gasteiger partial charge is 0.352 e. The second-order valence-electron chi connectivity index (χ2n) is 5.95. The lowest BCUT2D eigenvalue weighted by atomic mass is 10.1. The maximum absolute atomic E-state index is 12.4. The van der Waals surface area contributed by atoms with Crippen molar-refractivity contribution in [2.75, 3.05) is 11.9 Å². The van der Waals surface area contributed by atoms with Crippen LogP contribution in [0.4, 0.5) is 5.69 Å². The van der Waals surface area contributed by atoms with E-state index in [9.17, 15) is 9.59 Å². The Morgan fingerprint density at radius 3 is 2.26 bits per heavy atom. The first-order chi connectivity index (χ1) is 11.0.